The van der Waals surface area contributed by atoms with Gasteiger partial charge in [-0.1, -0.05) is 84.4 Å². The molecule has 2 rings (SSSR count). The van der Waals surface area contributed by atoms with E-state index in [0.29, 0.717) is 0 Å². The summed E-state index contributed by atoms with van der Waals surface area (Å²) >= 11 is 0. The van der Waals surface area contributed by atoms with Crippen LogP contribution in [0.4, 0.5) is 11.4 Å². The van der Waals surface area contributed by atoms with Gasteiger partial charge in [-0.15, -0.1) is 0 Å². The lowest BCUT2D eigenvalue weighted by Gasteiger charge is -2.25. The van der Waals surface area contributed by atoms with Gasteiger partial charge in [0.05, 0.1) is 35.5 Å². The third kappa shape index (κ3) is 13.0. The Morgan fingerprint density at radius 1 is 0.581 bits per heavy atom. The van der Waals surface area contributed by atoms with Crippen LogP contribution in [0.1, 0.15) is 109 Å². The topological polar surface area (TPSA) is 126 Å². The van der Waals surface area contributed by atoms with Gasteiger partial charge in [0.15, 0.2) is 0 Å². The van der Waals surface area contributed by atoms with E-state index in [1.807, 2.05) is 24.3 Å². The minimum absolute atomic E-state index is 0.0847. The van der Waals surface area contributed by atoms with Crippen LogP contribution in [0.2, 0.25) is 0 Å². The highest BCUT2D eigenvalue weighted by Gasteiger charge is 2.30. The van der Waals surface area contributed by atoms with E-state index in [-0.39, 0.29) is 6.42 Å². The summed E-state index contributed by atoms with van der Waals surface area (Å²) < 4.78 is 0. The third-order valence-corrected chi connectivity index (χ3v) is 7.96. The molecule has 2 aromatic rings. The fourth-order valence-corrected chi connectivity index (χ4v) is 5.11. The first-order valence-electron chi connectivity index (χ1n) is 16.5. The summed E-state index contributed by atoms with van der Waals surface area (Å²) in [4.78, 5) is 10.3. The molecule has 0 saturated heterocycles. The van der Waals surface area contributed by atoms with Crippen molar-refractivity contribution >= 4 is 22.8 Å². The molecule has 0 saturated carbocycles. The molecule has 0 radical (unpaired) electrons. The number of hydrogen-bond acceptors (Lipinski definition) is 7. The maximum atomic E-state index is 10.4. The standard InChI is InChI=1S/C36H56N2O5/c1-5-9-11-12-13-14-16-32(38-30-22-26(7-3)21-27(8-4)23-30)31(15-10-6-2)37-29-19-17-28(18-20-29)24-33(40)35(42)36(43)34(41)25-39/h17-23,33-36,39-43H,5-16,24-25H2,1-4H3. The molecular weight excluding hydrogens is 540 g/mol. The van der Waals surface area contributed by atoms with E-state index in [1.54, 1.807) is 0 Å². The van der Waals surface area contributed by atoms with Crippen LogP contribution in [0.3, 0.4) is 0 Å². The molecule has 5 N–H and O–H groups in total. The SMILES string of the molecule is CCCCCCCCC(=Nc1cc(CC)cc(CC)c1)C(CCCC)=Nc1ccc(CC(O)C(O)C(O)C(O)CO)cc1. The first kappa shape index (κ1) is 36.8. The Labute approximate surface area is 259 Å². The van der Waals surface area contributed by atoms with E-state index in [4.69, 9.17) is 15.1 Å². The lowest BCUT2D eigenvalue weighted by atomic mass is 9.97. The highest BCUT2D eigenvalue weighted by Crippen LogP contribution is 2.23. The summed E-state index contributed by atoms with van der Waals surface area (Å²) in [6.07, 6.45) is 7.10. The van der Waals surface area contributed by atoms with Gasteiger partial charge in [0.25, 0.3) is 0 Å². The number of unbranched alkanes of at least 4 members (excludes halogenated alkanes) is 6. The predicted octanol–water partition coefficient (Wildman–Crippen LogP) is 6.58. The van der Waals surface area contributed by atoms with Crippen molar-refractivity contribution in [3.8, 4) is 0 Å². The summed E-state index contributed by atoms with van der Waals surface area (Å²) in [5, 5.41) is 49.1. The predicted molar refractivity (Wildman–Crippen MR) is 178 cm³/mol. The zero-order valence-corrected chi connectivity index (χ0v) is 26.9. The average molecular weight is 597 g/mol. The minimum atomic E-state index is -1.64. The van der Waals surface area contributed by atoms with Crippen molar-refractivity contribution in [2.45, 2.75) is 136 Å². The maximum absolute atomic E-state index is 10.4. The van der Waals surface area contributed by atoms with Gasteiger partial charge in [-0.05, 0) is 79.5 Å². The molecule has 0 aromatic heterocycles. The highest BCUT2D eigenvalue weighted by molar-refractivity contribution is 6.43. The van der Waals surface area contributed by atoms with E-state index in [1.165, 1.54) is 43.2 Å². The molecule has 0 heterocycles. The van der Waals surface area contributed by atoms with Crippen molar-refractivity contribution in [1.82, 2.24) is 0 Å². The highest BCUT2D eigenvalue weighted by atomic mass is 16.4. The van der Waals surface area contributed by atoms with Gasteiger partial charge in [-0.25, -0.2) is 0 Å². The lowest BCUT2D eigenvalue weighted by molar-refractivity contribution is -0.114. The van der Waals surface area contributed by atoms with E-state index < -0.39 is 31.0 Å². The number of aryl methyl sites for hydroxylation is 2. The molecule has 0 aliphatic carbocycles. The van der Waals surface area contributed by atoms with Gasteiger partial charge >= 0.3 is 0 Å². The number of hydrogen-bond donors (Lipinski definition) is 5. The summed E-state index contributed by atoms with van der Waals surface area (Å²) in [7, 11) is 0. The molecule has 7 heteroatoms. The summed E-state index contributed by atoms with van der Waals surface area (Å²) in [5.74, 6) is 0. The Hall–Kier alpha value is -2.42. The summed E-state index contributed by atoms with van der Waals surface area (Å²) in [5.41, 5.74) is 7.22. The van der Waals surface area contributed by atoms with E-state index in [2.05, 4.69) is 45.9 Å². The van der Waals surface area contributed by atoms with Gasteiger partial charge in [-0.3, -0.25) is 9.98 Å². The van der Waals surface area contributed by atoms with Crippen LogP contribution in [0, 0.1) is 0 Å². The molecule has 4 unspecified atom stereocenters. The molecule has 0 spiro atoms. The molecule has 4 atom stereocenters. The minimum Gasteiger partial charge on any atom is -0.394 e. The zero-order valence-electron chi connectivity index (χ0n) is 26.9. The van der Waals surface area contributed by atoms with Gasteiger partial charge < -0.3 is 25.5 Å². The molecular formula is C36H56N2O5. The molecule has 7 nitrogen and oxygen atoms in total. The van der Waals surface area contributed by atoms with E-state index >= 15 is 0 Å². The van der Waals surface area contributed by atoms with Gasteiger partial charge in [0.2, 0.25) is 0 Å². The van der Waals surface area contributed by atoms with Crippen LogP contribution >= 0.6 is 0 Å². The van der Waals surface area contributed by atoms with Crippen LogP contribution < -0.4 is 0 Å². The fraction of sp³-hybridized carbons (Fsp3) is 0.611. The van der Waals surface area contributed by atoms with Gasteiger partial charge in [0, 0.05) is 6.42 Å². The second kappa shape index (κ2) is 20.5. The number of benzene rings is 2. The zero-order chi connectivity index (χ0) is 31.6. The monoisotopic (exact) mass is 596 g/mol. The van der Waals surface area contributed by atoms with Crippen molar-refractivity contribution in [2.24, 2.45) is 9.98 Å². The van der Waals surface area contributed by atoms with Crippen LogP contribution in [0.15, 0.2) is 52.4 Å². The Morgan fingerprint density at radius 2 is 1.09 bits per heavy atom. The number of nitrogens with zero attached hydrogens (tertiary/aromatic N) is 2. The molecule has 0 fully saturated rings. The second-order valence-corrected chi connectivity index (χ2v) is 11.6. The van der Waals surface area contributed by atoms with Crippen molar-refractivity contribution < 1.29 is 25.5 Å². The Morgan fingerprint density at radius 3 is 1.65 bits per heavy atom. The van der Waals surface area contributed by atoms with Crippen molar-refractivity contribution in [2.75, 3.05) is 6.61 Å². The van der Waals surface area contributed by atoms with Gasteiger partial charge in [0.1, 0.15) is 18.3 Å². The Balaban J connectivity index is 2.35. The number of aliphatic hydroxyl groups excluding tert-OH is 5. The van der Waals surface area contributed by atoms with E-state index in [9.17, 15) is 20.4 Å². The largest absolute Gasteiger partial charge is 0.394 e. The van der Waals surface area contributed by atoms with Crippen molar-refractivity contribution in [3.63, 3.8) is 0 Å². The number of aliphatic hydroxyl groups is 5. The summed E-state index contributed by atoms with van der Waals surface area (Å²) in [6, 6.07) is 14.2. The average Bonchev–Trinajstić information content (AvgIpc) is 3.03. The molecule has 43 heavy (non-hydrogen) atoms. The smallest absolute Gasteiger partial charge is 0.110 e. The Bertz CT molecular complexity index is 1090. The number of rotatable bonds is 21. The molecule has 0 amide bonds. The quantitative estimate of drug-likeness (QED) is 0.0823. The summed E-state index contributed by atoms with van der Waals surface area (Å²) in [6.45, 7) is 8.08. The van der Waals surface area contributed by atoms with Crippen LogP contribution in [-0.2, 0) is 19.3 Å². The molecule has 0 aliphatic heterocycles. The van der Waals surface area contributed by atoms with Gasteiger partial charge in [-0.2, -0.15) is 0 Å². The second-order valence-electron chi connectivity index (χ2n) is 11.6. The van der Waals surface area contributed by atoms with Crippen molar-refractivity contribution in [3.05, 3.63) is 59.2 Å². The molecule has 0 bridgehead atoms. The lowest BCUT2D eigenvalue weighted by Crippen LogP contribution is -2.46. The third-order valence-electron chi connectivity index (χ3n) is 7.96. The van der Waals surface area contributed by atoms with Crippen LogP contribution in [0.5, 0.6) is 0 Å². The van der Waals surface area contributed by atoms with E-state index in [0.717, 1.165) is 73.3 Å². The van der Waals surface area contributed by atoms with Crippen LogP contribution in [0.25, 0.3) is 0 Å². The normalized spacial score (nSPS) is 15.4. The molecule has 0 aliphatic rings. The van der Waals surface area contributed by atoms with Crippen LogP contribution in [-0.4, -0.2) is 68.0 Å². The first-order chi connectivity index (χ1) is 20.8. The fourth-order valence-electron chi connectivity index (χ4n) is 5.11. The first-order valence-corrected chi connectivity index (χ1v) is 16.5. The molecule has 240 valence electrons. The molecule has 2 aromatic carbocycles. The van der Waals surface area contributed by atoms with Crippen molar-refractivity contribution in [1.29, 1.82) is 0 Å². The Kier molecular flexibility index (Phi) is 17.5. The number of aliphatic imine (C=N–C) groups is 2. The maximum Gasteiger partial charge on any atom is 0.110 e.